The van der Waals surface area contributed by atoms with Gasteiger partial charge in [0.05, 0.1) is 10.6 Å². The van der Waals surface area contributed by atoms with Crippen molar-refractivity contribution in [3.63, 3.8) is 0 Å². The Morgan fingerprint density at radius 3 is 2.29 bits per heavy atom. The minimum Gasteiger partial charge on any atom is -0.384 e. The maximum atomic E-state index is 11.5. The summed E-state index contributed by atoms with van der Waals surface area (Å²) in [6.45, 7) is 2.92. The molecule has 0 aliphatic rings. The molecule has 0 heterocycles. The standard InChI is InChI=1S/C11H15NO4S/c1-3-17(15,16)10-6-4-9(5-7-10)12-11(14)8(2)13/h4-8,13H,3H2,1-2H3,(H,12,14). The molecule has 0 bridgehead atoms. The van der Waals surface area contributed by atoms with Gasteiger partial charge in [-0.15, -0.1) is 0 Å². The van der Waals surface area contributed by atoms with Crippen LogP contribution >= 0.6 is 0 Å². The van der Waals surface area contributed by atoms with Crippen LogP contribution in [0, 0.1) is 0 Å². The van der Waals surface area contributed by atoms with Gasteiger partial charge in [0, 0.05) is 5.69 Å². The van der Waals surface area contributed by atoms with Gasteiger partial charge in [0.1, 0.15) is 6.10 Å². The number of carbonyl (C=O) groups is 1. The van der Waals surface area contributed by atoms with Crippen molar-refractivity contribution in [2.45, 2.75) is 24.8 Å². The molecule has 1 rings (SSSR count). The quantitative estimate of drug-likeness (QED) is 0.835. The number of anilines is 1. The molecule has 6 heteroatoms. The van der Waals surface area contributed by atoms with Crippen molar-refractivity contribution in [3.8, 4) is 0 Å². The van der Waals surface area contributed by atoms with Gasteiger partial charge < -0.3 is 10.4 Å². The molecule has 1 aromatic rings. The van der Waals surface area contributed by atoms with Gasteiger partial charge in [0.25, 0.3) is 5.91 Å². The highest BCUT2D eigenvalue weighted by Gasteiger charge is 2.12. The minimum atomic E-state index is -3.22. The van der Waals surface area contributed by atoms with Gasteiger partial charge in [-0.2, -0.15) is 0 Å². The van der Waals surface area contributed by atoms with Gasteiger partial charge in [-0.25, -0.2) is 8.42 Å². The molecule has 0 saturated carbocycles. The van der Waals surface area contributed by atoms with Gasteiger partial charge in [-0.1, -0.05) is 6.92 Å². The number of hydrogen-bond donors (Lipinski definition) is 2. The second-order valence-corrected chi connectivity index (χ2v) is 5.87. The first-order chi connectivity index (χ1) is 7.86. The van der Waals surface area contributed by atoms with E-state index in [1.54, 1.807) is 6.92 Å². The highest BCUT2D eigenvalue weighted by atomic mass is 32.2. The van der Waals surface area contributed by atoms with Crippen LogP contribution in [-0.4, -0.2) is 31.3 Å². The summed E-state index contributed by atoms with van der Waals surface area (Å²) in [6.07, 6.45) is -1.10. The van der Waals surface area contributed by atoms with Crippen LogP contribution in [0.4, 0.5) is 5.69 Å². The molecule has 0 aliphatic carbocycles. The van der Waals surface area contributed by atoms with E-state index in [0.29, 0.717) is 5.69 Å². The number of carbonyl (C=O) groups excluding carboxylic acids is 1. The zero-order valence-electron chi connectivity index (χ0n) is 9.67. The highest BCUT2D eigenvalue weighted by Crippen LogP contribution is 2.15. The van der Waals surface area contributed by atoms with Crippen molar-refractivity contribution < 1.29 is 18.3 Å². The van der Waals surface area contributed by atoms with E-state index in [0.717, 1.165) is 0 Å². The molecule has 1 aromatic carbocycles. The number of rotatable bonds is 4. The van der Waals surface area contributed by atoms with Crippen molar-refractivity contribution in [1.82, 2.24) is 0 Å². The Hall–Kier alpha value is -1.40. The Balaban J connectivity index is 2.86. The minimum absolute atomic E-state index is 0.0341. The molecule has 0 radical (unpaired) electrons. The lowest BCUT2D eigenvalue weighted by atomic mass is 10.3. The van der Waals surface area contributed by atoms with Crippen LogP contribution in [0.5, 0.6) is 0 Å². The number of benzene rings is 1. The maximum absolute atomic E-state index is 11.5. The van der Waals surface area contributed by atoms with Crippen LogP contribution in [0.15, 0.2) is 29.2 Å². The summed E-state index contributed by atoms with van der Waals surface area (Å²) in [5, 5.41) is 11.5. The fourth-order valence-electron chi connectivity index (χ4n) is 1.16. The van der Waals surface area contributed by atoms with Crippen LogP contribution < -0.4 is 5.32 Å². The van der Waals surface area contributed by atoms with E-state index < -0.39 is 21.8 Å². The fourth-order valence-corrected chi connectivity index (χ4v) is 2.04. The third-order valence-corrected chi connectivity index (χ3v) is 3.99. The lowest BCUT2D eigenvalue weighted by Crippen LogP contribution is -2.24. The largest absolute Gasteiger partial charge is 0.384 e. The van der Waals surface area contributed by atoms with Crippen LogP contribution in [0.25, 0.3) is 0 Å². The fraction of sp³-hybridized carbons (Fsp3) is 0.364. The zero-order chi connectivity index (χ0) is 13.1. The van der Waals surface area contributed by atoms with Crippen molar-refractivity contribution in [2.24, 2.45) is 0 Å². The van der Waals surface area contributed by atoms with Crippen LogP contribution in [0.1, 0.15) is 13.8 Å². The third-order valence-electron chi connectivity index (χ3n) is 2.24. The van der Waals surface area contributed by atoms with E-state index in [4.69, 9.17) is 5.11 Å². The molecule has 5 nitrogen and oxygen atoms in total. The van der Waals surface area contributed by atoms with Crippen LogP contribution in [-0.2, 0) is 14.6 Å². The van der Waals surface area contributed by atoms with E-state index in [2.05, 4.69) is 5.32 Å². The monoisotopic (exact) mass is 257 g/mol. The van der Waals surface area contributed by atoms with E-state index in [1.807, 2.05) is 0 Å². The van der Waals surface area contributed by atoms with Crippen molar-refractivity contribution in [3.05, 3.63) is 24.3 Å². The van der Waals surface area contributed by atoms with Gasteiger partial charge in [-0.3, -0.25) is 4.79 Å². The Kier molecular flexibility index (Phi) is 4.25. The Morgan fingerprint density at radius 2 is 1.88 bits per heavy atom. The van der Waals surface area contributed by atoms with E-state index in [-0.39, 0.29) is 10.6 Å². The lowest BCUT2D eigenvalue weighted by Gasteiger charge is -2.07. The van der Waals surface area contributed by atoms with Crippen LogP contribution in [0.3, 0.4) is 0 Å². The zero-order valence-corrected chi connectivity index (χ0v) is 10.5. The smallest absolute Gasteiger partial charge is 0.252 e. The normalized spacial score (nSPS) is 13.1. The number of nitrogens with one attached hydrogen (secondary N) is 1. The number of aliphatic hydroxyl groups is 1. The molecule has 0 spiro atoms. The Labute approximate surface area is 100 Å². The van der Waals surface area contributed by atoms with E-state index in [9.17, 15) is 13.2 Å². The summed E-state index contributed by atoms with van der Waals surface area (Å²) in [4.78, 5) is 11.4. The summed E-state index contributed by atoms with van der Waals surface area (Å²) in [7, 11) is -3.22. The number of sulfone groups is 1. The van der Waals surface area contributed by atoms with Gasteiger partial charge in [0.2, 0.25) is 0 Å². The van der Waals surface area contributed by atoms with E-state index in [1.165, 1.54) is 31.2 Å². The van der Waals surface area contributed by atoms with Crippen molar-refractivity contribution in [2.75, 3.05) is 11.1 Å². The average molecular weight is 257 g/mol. The predicted octanol–water partition coefficient (Wildman–Crippen LogP) is 0.799. The summed E-state index contributed by atoms with van der Waals surface area (Å²) in [6, 6.07) is 5.83. The summed E-state index contributed by atoms with van der Waals surface area (Å²) >= 11 is 0. The second-order valence-electron chi connectivity index (χ2n) is 3.59. The molecule has 0 fully saturated rings. The summed E-state index contributed by atoms with van der Waals surface area (Å²) in [5.74, 6) is -0.497. The molecule has 0 aliphatic heterocycles. The van der Waals surface area contributed by atoms with E-state index >= 15 is 0 Å². The number of aliphatic hydroxyl groups excluding tert-OH is 1. The molecule has 0 aromatic heterocycles. The Morgan fingerprint density at radius 1 is 1.35 bits per heavy atom. The highest BCUT2D eigenvalue weighted by molar-refractivity contribution is 7.91. The first-order valence-electron chi connectivity index (χ1n) is 5.18. The third kappa shape index (κ3) is 3.54. The van der Waals surface area contributed by atoms with Gasteiger partial charge >= 0.3 is 0 Å². The number of hydrogen-bond acceptors (Lipinski definition) is 4. The van der Waals surface area contributed by atoms with Gasteiger partial charge in [0.15, 0.2) is 9.84 Å². The van der Waals surface area contributed by atoms with Crippen molar-refractivity contribution >= 4 is 21.4 Å². The molecular weight excluding hydrogens is 242 g/mol. The predicted molar refractivity (Wildman–Crippen MR) is 64.5 cm³/mol. The summed E-state index contributed by atoms with van der Waals surface area (Å²) in [5.41, 5.74) is 0.450. The SMILES string of the molecule is CCS(=O)(=O)c1ccc(NC(=O)C(C)O)cc1. The first kappa shape index (κ1) is 13.7. The second kappa shape index (κ2) is 5.29. The topological polar surface area (TPSA) is 83.5 Å². The maximum Gasteiger partial charge on any atom is 0.252 e. The van der Waals surface area contributed by atoms with Crippen molar-refractivity contribution in [1.29, 1.82) is 0 Å². The molecule has 94 valence electrons. The first-order valence-corrected chi connectivity index (χ1v) is 6.84. The number of amides is 1. The van der Waals surface area contributed by atoms with Crippen LogP contribution in [0.2, 0.25) is 0 Å². The molecule has 0 saturated heterocycles. The molecule has 1 atom stereocenters. The Bertz CT molecular complexity index is 491. The molecule has 17 heavy (non-hydrogen) atoms. The average Bonchev–Trinajstić information content (AvgIpc) is 2.29. The molecule has 1 amide bonds. The molecule has 1 unspecified atom stereocenters. The molecule has 2 N–H and O–H groups in total. The lowest BCUT2D eigenvalue weighted by molar-refractivity contribution is -0.123. The molecular formula is C11H15NO4S. The summed E-state index contributed by atoms with van der Waals surface area (Å²) < 4.78 is 23.0. The van der Waals surface area contributed by atoms with Gasteiger partial charge in [-0.05, 0) is 31.2 Å².